The molecule has 17 heavy (non-hydrogen) atoms. The molecule has 2 heterocycles. The van der Waals surface area contributed by atoms with Gasteiger partial charge in [0.25, 0.3) is 0 Å². The molecule has 2 unspecified atom stereocenters. The zero-order valence-corrected chi connectivity index (χ0v) is 11.2. The van der Waals surface area contributed by atoms with Gasteiger partial charge in [-0.15, -0.1) is 0 Å². The van der Waals surface area contributed by atoms with Crippen LogP contribution in [0.15, 0.2) is 0 Å². The first-order valence-corrected chi connectivity index (χ1v) is 7.59. The van der Waals surface area contributed by atoms with Crippen molar-refractivity contribution in [2.45, 2.75) is 57.2 Å². The van der Waals surface area contributed by atoms with Crippen LogP contribution >= 0.6 is 0 Å². The quantitative estimate of drug-likeness (QED) is 0.777. The van der Waals surface area contributed by atoms with Crippen LogP contribution < -0.4 is 5.32 Å². The van der Waals surface area contributed by atoms with E-state index in [1.54, 1.807) is 0 Å². The van der Waals surface area contributed by atoms with Gasteiger partial charge in [-0.1, -0.05) is 6.92 Å². The molecular formula is C14H27N3. The second-order valence-electron chi connectivity index (χ2n) is 6.05. The van der Waals surface area contributed by atoms with Gasteiger partial charge in [0.15, 0.2) is 0 Å². The predicted octanol–water partition coefficient (Wildman–Crippen LogP) is 1.30. The Morgan fingerprint density at radius 2 is 2.06 bits per heavy atom. The van der Waals surface area contributed by atoms with Crippen LogP contribution in [0.5, 0.6) is 0 Å². The summed E-state index contributed by atoms with van der Waals surface area (Å²) in [5.41, 5.74) is 0. The van der Waals surface area contributed by atoms with Crippen molar-refractivity contribution in [2.75, 3.05) is 32.7 Å². The molecule has 0 amide bonds. The van der Waals surface area contributed by atoms with Crippen LogP contribution in [-0.2, 0) is 0 Å². The molecule has 2 aliphatic heterocycles. The lowest BCUT2D eigenvalue weighted by Gasteiger charge is -2.34. The maximum Gasteiger partial charge on any atom is 0.0238 e. The fourth-order valence-corrected chi connectivity index (χ4v) is 3.65. The van der Waals surface area contributed by atoms with Crippen molar-refractivity contribution < 1.29 is 0 Å². The van der Waals surface area contributed by atoms with Crippen molar-refractivity contribution in [3.63, 3.8) is 0 Å². The Kier molecular flexibility index (Phi) is 3.69. The van der Waals surface area contributed by atoms with E-state index in [9.17, 15) is 0 Å². The van der Waals surface area contributed by atoms with Gasteiger partial charge < -0.3 is 5.32 Å². The lowest BCUT2D eigenvalue weighted by molar-refractivity contribution is 0.142. The highest BCUT2D eigenvalue weighted by Crippen LogP contribution is 2.32. The molecule has 0 aromatic rings. The Morgan fingerprint density at radius 1 is 1.18 bits per heavy atom. The molecule has 3 nitrogen and oxygen atoms in total. The van der Waals surface area contributed by atoms with Crippen LogP contribution in [0.25, 0.3) is 0 Å². The largest absolute Gasteiger partial charge is 0.315 e. The minimum absolute atomic E-state index is 0.819. The molecule has 3 fully saturated rings. The number of nitrogens with one attached hydrogen (secondary N) is 1. The average Bonchev–Trinajstić information content (AvgIpc) is 2.88. The second kappa shape index (κ2) is 5.25. The minimum Gasteiger partial charge on any atom is -0.315 e. The first-order chi connectivity index (χ1) is 8.38. The van der Waals surface area contributed by atoms with E-state index in [0.717, 1.165) is 18.1 Å². The van der Waals surface area contributed by atoms with Gasteiger partial charge in [0.1, 0.15) is 0 Å². The van der Waals surface area contributed by atoms with Crippen LogP contribution in [0.1, 0.15) is 39.0 Å². The molecule has 0 aromatic carbocycles. The van der Waals surface area contributed by atoms with Crippen molar-refractivity contribution in [2.24, 2.45) is 0 Å². The van der Waals surface area contributed by atoms with E-state index in [-0.39, 0.29) is 0 Å². The van der Waals surface area contributed by atoms with E-state index in [1.807, 2.05) is 0 Å². The summed E-state index contributed by atoms with van der Waals surface area (Å²) in [6.45, 7) is 8.78. The van der Waals surface area contributed by atoms with Gasteiger partial charge in [-0.2, -0.15) is 0 Å². The molecular weight excluding hydrogens is 210 g/mol. The first kappa shape index (κ1) is 11.9. The number of hydrogen-bond acceptors (Lipinski definition) is 3. The molecule has 0 spiro atoms. The molecule has 1 saturated carbocycles. The molecule has 0 bridgehead atoms. The molecule has 2 atom stereocenters. The average molecular weight is 237 g/mol. The van der Waals surface area contributed by atoms with E-state index in [0.29, 0.717) is 0 Å². The third-order valence-corrected chi connectivity index (χ3v) is 4.71. The van der Waals surface area contributed by atoms with Crippen molar-refractivity contribution >= 4 is 0 Å². The smallest absolute Gasteiger partial charge is 0.0238 e. The molecule has 3 heteroatoms. The Hall–Kier alpha value is -0.120. The molecule has 1 aliphatic carbocycles. The molecule has 0 radical (unpaired) electrons. The number of nitrogens with zero attached hydrogens (tertiary/aromatic N) is 2. The Balaban J connectivity index is 1.58. The van der Waals surface area contributed by atoms with Crippen molar-refractivity contribution in [3.8, 4) is 0 Å². The van der Waals surface area contributed by atoms with Gasteiger partial charge in [-0.3, -0.25) is 9.80 Å². The van der Waals surface area contributed by atoms with Crippen LogP contribution in [0.4, 0.5) is 0 Å². The molecule has 98 valence electrons. The molecule has 0 aromatic heterocycles. The summed E-state index contributed by atoms with van der Waals surface area (Å²) in [7, 11) is 0. The van der Waals surface area contributed by atoms with Gasteiger partial charge in [0.05, 0.1) is 0 Å². The predicted molar refractivity (Wildman–Crippen MR) is 71.3 cm³/mol. The number of rotatable bonds is 5. The highest BCUT2D eigenvalue weighted by atomic mass is 15.3. The number of hydrogen-bond donors (Lipinski definition) is 1. The van der Waals surface area contributed by atoms with Crippen LogP contribution in [0, 0.1) is 0 Å². The topological polar surface area (TPSA) is 18.5 Å². The fourth-order valence-electron chi connectivity index (χ4n) is 3.65. The monoisotopic (exact) mass is 237 g/mol. The normalized spacial score (nSPS) is 34.9. The first-order valence-electron chi connectivity index (χ1n) is 7.59. The van der Waals surface area contributed by atoms with Gasteiger partial charge in [0, 0.05) is 37.8 Å². The number of likely N-dealkylation sites (tertiary alicyclic amines) is 1. The van der Waals surface area contributed by atoms with Gasteiger partial charge >= 0.3 is 0 Å². The van der Waals surface area contributed by atoms with Crippen molar-refractivity contribution in [1.29, 1.82) is 0 Å². The van der Waals surface area contributed by atoms with E-state index in [4.69, 9.17) is 0 Å². The Labute approximate surface area is 106 Å². The summed E-state index contributed by atoms with van der Waals surface area (Å²) >= 11 is 0. The summed E-state index contributed by atoms with van der Waals surface area (Å²) in [6, 6.07) is 2.63. The zero-order chi connectivity index (χ0) is 11.7. The van der Waals surface area contributed by atoms with Crippen LogP contribution in [0.2, 0.25) is 0 Å². The Morgan fingerprint density at radius 3 is 2.71 bits per heavy atom. The maximum atomic E-state index is 3.53. The summed E-state index contributed by atoms with van der Waals surface area (Å²) in [5.74, 6) is 0. The van der Waals surface area contributed by atoms with Crippen LogP contribution in [0.3, 0.4) is 0 Å². The third kappa shape index (κ3) is 2.67. The molecule has 1 N–H and O–H groups in total. The van der Waals surface area contributed by atoms with E-state index in [1.165, 1.54) is 64.8 Å². The van der Waals surface area contributed by atoms with Crippen LogP contribution in [-0.4, -0.2) is 60.6 Å². The van der Waals surface area contributed by atoms with Crippen molar-refractivity contribution in [1.82, 2.24) is 15.1 Å². The lowest BCUT2D eigenvalue weighted by atomic mass is 10.1. The van der Waals surface area contributed by atoms with Gasteiger partial charge in [-0.05, 0) is 45.2 Å². The summed E-state index contributed by atoms with van der Waals surface area (Å²) in [5, 5.41) is 3.53. The van der Waals surface area contributed by atoms with E-state index < -0.39 is 0 Å². The maximum absolute atomic E-state index is 3.53. The molecule has 3 rings (SSSR count). The standard InChI is InChI=1S/C14H27N3/c1-2-8-17(13-5-7-15-10-13)14-6-9-16(11-14)12-3-4-12/h12-15H,2-11H2,1H3. The molecule has 2 saturated heterocycles. The zero-order valence-electron chi connectivity index (χ0n) is 11.2. The summed E-state index contributed by atoms with van der Waals surface area (Å²) in [6.07, 6.45) is 7.00. The fraction of sp³-hybridized carbons (Fsp3) is 1.00. The van der Waals surface area contributed by atoms with E-state index in [2.05, 4.69) is 22.0 Å². The highest BCUT2D eigenvalue weighted by Gasteiger charge is 2.38. The Bertz CT molecular complexity index is 246. The summed E-state index contributed by atoms with van der Waals surface area (Å²) < 4.78 is 0. The minimum atomic E-state index is 0.819. The van der Waals surface area contributed by atoms with Gasteiger partial charge in [-0.25, -0.2) is 0 Å². The van der Waals surface area contributed by atoms with E-state index >= 15 is 0 Å². The lowest BCUT2D eigenvalue weighted by Crippen LogP contribution is -2.46. The van der Waals surface area contributed by atoms with Crippen molar-refractivity contribution in [3.05, 3.63) is 0 Å². The summed E-state index contributed by atoms with van der Waals surface area (Å²) in [4.78, 5) is 5.57. The highest BCUT2D eigenvalue weighted by molar-refractivity contribution is 4.95. The third-order valence-electron chi connectivity index (χ3n) is 4.71. The van der Waals surface area contributed by atoms with Gasteiger partial charge in [0.2, 0.25) is 0 Å². The SMILES string of the molecule is CCCN(C1CCNC1)C1CCN(C2CC2)C1. The second-order valence-corrected chi connectivity index (χ2v) is 6.05. The molecule has 3 aliphatic rings.